The maximum atomic E-state index is 6.60. The van der Waals surface area contributed by atoms with Gasteiger partial charge >= 0.3 is 0 Å². The summed E-state index contributed by atoms with van der Waals surface area (Å²) in [5.41, 5.74) is 10.8. The Kier molecular flexibility index (Phi) is 6.12. The molecule has 0 atom stereocenters. The molecule has 0 aliphatic heterocycles. The number of nitrogens with zero attached hydrogens (tertiary/aromatic N) is 2. The van der Waals surface area contributed by atoms with E-state index in [-0.39, 0.29) is 0 Å². The molecule has 8 aromatic rings. The fourth-order valence-electron chi connectivity index (χ4n) is 5.80. The van der Waals surface area contributed by atoms with Gasteiger partial charge in [0.2, 0.25) is 0 Å². The number of rotatable bonds is 5. The smallest absolute Gasteiger partial charge is 0.164 e. The Labute approximate surface area is 249 Å². The highest BCUT2D eigenvalue weighted by Gasteiger charge is 2.21. The second-order valence-corrected chi connectivity index (χ2v) is 10.6. The summed E-state index contributed by atoms with van der Waals surface area (Å²) in [6.07, 6.45) is 0. The zero-order valence-electron chi connectivity index (χ0n) is 23.3. The summed E-state index contributed by atoms with van der Waals surface area (Å²) in [7, 11) is 0. The predicted molar refractivity (Wildman–Crippen MR) is 176 cm³/mol. The molecule has 3 nitrogen and oxygen atoms in total. The number of benzene rings is 6. The van der Waals surface area contributed by atoms with Gasteiger partial charge in [-0.05, 0) is 40.5 Å². The number of para-hydroxylation sites is 1. The summed E-state index contributed by atoms with van der Waals surface area (Å²) in [6.45, 7) is 0. The first-order chi connectivity index (χ1) is 21.3. The summed E-state index contributed by atoms with van der Waals surface area (Å²) in [5.74, 6) is 0.631. The lowest BCUT2D eigenvalue weighted by Crippen LogP contribution is -1.98. The molecule has 0 radical (unpaired) electrons. The quantitative estimate of drug-likeness (QED) is 0.214. The number of fused-ring (bicyclic) bond motifs is 3. The molecule has 0 spiro atoms. The van der Waals surface area contributed by atoms with Crippen LogP contribution in [0.25, 0.3) is 78.1 Å². The Morgan fingerprint density at radius 2 is 0.907 bits per heavy atom. The third-order valence-electron chi connectivity index (χ3n) is 7.94. The van der Waals surface area contributed by atoms with Gasteiger partial charge in [-0.15, -0.1) is 0 Å². The van der Waals surface area contributed by atoms with Crippen LogP contribution in [-0.2, 0) is 0 Å². The van der Waals surface area contributed by atoms with Crippen LogP contribution in [0.4, 0.5) is 0 Å². The fraction of sp³-hybridized carbons (Fsp3) is 0. The molecule has 3 heteroatoms. The summed E-state index contributed by atoms with van der Waals surface area (Å²) < 4.78 is 6.60. The van der Waals surface area contributed by atoms with Crippen molar-refractivity contribution in [2.45, 2.75) is 0 Å². The summed E-state index contributed by atoms with van der Waals surface area (Å²) >= 11 is 0. The average Bonchev–Trinajstić information content (AvgIpc) is 3.48. The first-order valence-corrected chi connectivity index (χ1v) is 14.4. The molecule has 2 heterocycles. The molecule has 0 saturated heterocycles. The minimum Gasteiger partial charge on any atom is -0.455 e. The average molecular weight is 551 g/mol. The summed E-state index contributed by atoms with van der Waals surface area (Å²) in [5, 5.41) is 2.12. The topological polar surface area (TPSA) is 38.9 Å². The molecular formula is C40H26N2O. The Balaban J connectivity index is 1.40. The number of aromatic nitrogens is 2. The molecule has 0 unspecified atom stereocenters. The molecule has 0 bridgehead atoms. The van der Waals surface area contributed by atoms with E-state index in [4.69, 9.17) is 14.4 Å². The van der Waals surface area contributed by atoms with Crippen LogP contribution in [0.2, 0.25) is 0 Å². The lowest BCUT2D eigenvalue weighted by Gasteiger charge is -2.14. The van der Waals surface area contributed by atoms with Crippen molar-refractivity contribution in [3.05, 3.63) is 158 Å². The van der Waals surface area contributed by atoms with Crippen molar-refractivity contribution in [3.8, 4) is 56.2 Å². The molecule has 8 rings (SSSR count). The monoisotopic (exact) mass is 550 g/mol. The van der Waals surface area contributed by atoms with Gasteiger partial charge in [-0.2, -0.15) is 0 Å². The normalized spacial score (nSPS) is 11.3. The van der Waals surface area contributed by atoms with Gasteiger partial charge < -0.3 is 4.42 Å². The number of hydrogen-bond acceptors (Lipinski definition) is 3. The van der Waals surface area contributed by atoms with Crippen LogP contribution < -0.4 is 0 Å². The molecule has 2 aromatic heterocycles. The van der Waals surface area contributed by atoms with Crippen LogP contribution >= 0.6 is 0 Å². The molecule has 0 fully saturated rings. The molecule has 202 valence electrons. The maximum Gasteiger partial charge on any atom is 0.164 e. The SMILES string of the molecule is c1ccc(-c2ccc(-c3ccc4c(oc5ccccc54)c3-c3nc(-c4ccccc4)cc(-c4ccccc4)n3)cc2)cc1. The third-order valence-corrected chi connectivity index (χ3v) is 7.94. The van der Waals surface area contributed by atoms with E-state index in [0.717, 1.165) is 61.1 Å². The van der Waals surface area contributed by atoms with Gasteiger partial charge in [-0.1, -0.05) is 140 Å². The van der Waals surface area contributed by atoms with E-state index in [1.165, 1.54) is 11.1 Å². The van der Waals surface area contributed by atoms with E-state index >= 15 is 0 Å². The van der Waals surface area contributed by atoms with E-state index in [1.54, 1.807) is 0 Å². The predicted octanol–water partition coefficient (Wildman–Crippen LogP) is 10.7. The maximum absolute atomic E-state index is 6.60. The van der Waals surface area contributed by atoms with Crippen LogP contribution in [-0.4, -0.2) is 9.97 Å². The standard InChI is InChI=1S/C40H26N2O/c1-4-12-27(13-5-1)28-20-22-29(23-21-28)32-24-25-34-33-18-10-11-19-37(33)43-39(34)38(32)40-41-35(30-14-6-2-7-15-30)26-36(42-40)31-16-8-3-9-17-31/h1-26H. The van der Waals surface area contributed by atoms with Crippen LogP contribution in [0.3, 0.4) is 0 Å². The zero-order chi connectivity index (χ0) is 28.6. The van der Waals surface area contributed by atoms with Crippen molar-refractivity contribution in [2.75, 3.05) is 0 Å². The molecule has 0 amide bonds. The largest absolute Gasteiger partial charge is 0.455 e. The van der Waals surface area contributed by atoms with Gasteiger partial charge in [0.05, 0.1) is 17.0 Å². The van der Waals surface area contributed by atoms with Crippen molar-refractivity contribution in [1.82, 2.24) is 9.97 Å². The van der Waals surface area contributed by atoms with Crippen LogP contribution in [0.1, 0.15) is 0 Å². The van der Waals surface area contributed by atoms with E-state index < -0.39 is 0 Å². The van der Waals surface area contributed by atoms with E-state index in [2.05, 4.69) is 97.1 Å². The minimum absolute atomic E-state index is 0.631. The van der Waals surface area contributed by atoms with Gasteiger partial charge in [0, 0.05) is 21.9 Å². The third kappa shape index (κ3) is 4.58. The van der Waals surface area contributed by atoms with E-state index in [1.807, 2.05) is 60.7 Å². The first-order valence-electron chi connectivity index (χ1n) is 14.4. The zero-order valence-corrected chi connectivity index (χ0v) is 23.3. The summed E-state index contributed by atoms with van der Waals surface area (Å²) in [6, 6.07) is 54.3. The highest BCUT2D eigenvalue weighted by atomic mass is 16.3. The van der Waals surface area contributed by atoms with Crippen LogP contribution in [0, 0.1) is 0 Å². The minimum atomic E-state index is 0.631. The Morgan fingerprint density at radius 1 is 0.395 bits per heavy atom. The second kappa shape index (κ2) is 10.6. The molecular weight excluding hydrogens is 524 g/mol. The van der Waals surface area contributed by atoms with Crippen molar-refractivity contribution in [2.24, 2.45) is 0 Å². The van der Waals surface area contributed by atoms with Crippen molar-refractivity contribution >= 4 is 21.9 Å². The van der Waals surface area contributed by atoms with E-state index in [0.29, 0.717) is 5.82 Å². The molecule has 0 saturated carbocycles. The molecule has 43 heavy (non-hydrogen) atoms. The van der Waals surface area contributed by atoms with Crippen molar-refractivity contribution in [3.63, 3.8) is 0 Å². The highest BCUT2D eigenvalue weighted by molar-refractivity contribution is 6.12. The van der Waals surface area contributed by atoms with Gasteiger partial charge in [-0.3, -0.25) is 0 Å². The van der Waals surface area contributed by atoms with Gasteiger partial charge in [0.25, 0.3) is 0 Å². The Bertz CT molecular complexity index is 2140. The highest BCUT2D eigenvalue weighted by Crippen LogP contribution is 2.42. The number of furan rings is 1. The molecule has 6 aromatic carbocycles. The first kappa shape index (κ1) is 25.0. The van der Waals surface area contributed by atoms with Crippen molar-refractivity contribution < 1.29 is 4.42 Å². The molecule has 0 aliphatic carbocycles. The lowest BCUT2D eigenvalue weighted by atomic mass is 9.94. The van der Waals surface area contributed by atoms with Gasteiger partial charge in [0.15, 0.2) is 5.82 Å². The Morgan fingerprint density at radius 3 is 1.53 bits per heavy atom. The number of hydrogen-bond donors (Lipinski definition) is 0. The lowest BCUT2D eigenvalue weighted by molar-refractivity contribution is 0.669. The van der Waals surface area contributed by atoms with Gasteiger partial charge in [0.1, 0.15) is 11.2 Å². The van der Waals surface area contributed by atoms with Crippen LogP contribution in [0.5, 0.6) is 0 Å². The summed E-state index contributed by atoms with van der Waals surface area (Å²) in [4.78, 5) is 10.4. The molecule has 0 aliphatic rings. The fourth-order valence-corrected chi connectivity index (χ4v) is 5.80. The van der Waals surface area contributed by atoms with Crippen molar-refractivity contribution in [1.29, 1.82) is 0 Å². The Hall–Kier alpha value is -5.80. The van der Waals surface area contributed by atoms with E-state index in [9.17, 15) is 0 Å². The van der Waals surface area contributed by atoms with Gasteiger partial charge in [-0.25, -0.2) is 9.97 Å². The van der Waals surface area contributed by atoms with Crippen LogP contribution in [0.15, 0.2) is 162 Å². The molecule has 0 N–H and O–H groups in total. The second-order valence-electron chi connectivity index (χ2n) is 10.6.